The zero-order chi connectivity index (χ0) is 20.0. The Bertz CT molecular complexity index is 985. The Balaban J connectivity index is 2.15. The van der Waals surface area contributed by atoms with Crippen LogP contribution in [0, 0.1) is 0 Å². The van der Waals surface area contributed by atoms with Gasteiger partial charge in [-0.1, -0.05) is 0 Å². The third-order valence-electron chi connectivity index (χ3n) is 3.57. The summed E-state index contributed by atoms with van der Waals surface area (Å²) in [4.78, 5) is 10.8. The molecule has 0 aromatic carbocycles. The van der Waals surface area contributed by atoms with Crippen LogP contribution in [0.2, 0.25) is 0 Å². The fourth-order valence-electron chi connectivity index (χ4n) is 2.28. The topological polar surface area (TPSA) is 66.1 Å². The zero-order valence-electron chi connectivity index (χ0n) is 13.5. The van der Waals surface area contributed by atoms with Crippen LogP contribution in [0.15, 0.2) is 35.7 Å². The molecule has 5 nitrogen and oxygen atoms in total. The molecular formula is C15H10F6N4OS. The summed E-state index contributed by atoms with van der Waals surface area (Å²) in [5.41, 5.74) is -2.47. The van der Waals surface area contributed by atoms with Crippen molar-refractivity contribution < 1.29 is 30.9 Å². The van der Waals surface area contributed by atoms with Crippen molar-refractivity contribution in [2.75, 3.05) is 5.75 Å². The standard InChI is InChI=1S/C15H10F6N4OS/c1-2-27(26)10-3-8(14(16,17)18)5-22-13(10)9-6-25-7-23-11(15(19,20)21)4-12(25)24-9/h3-7H,2H2,1H3. The first-order valence-electron chi connectivity index (χ1n) is 7.38. The number of alkyl halides is 6. The molecule has 0 spiro atoms. The highest BCUT2D eigenvalue weighted by Crippen LogP contribution is 2.34. The van der Waals surface area contributed by atoms with Gasteiger partial charge >= 0.3 is 12.4 Å². The summed E-state index contributed by atoms with van der Waals surface area (Å²) in [5, 5.41) is 0. The number of fused-ring (bicyclic) bond motifs is 1. The molecule has 0 aliphatic heterocycles. The van der Waals surface area contributed by atoms with E-state index < -0.39 is 34.8 Å². The van der Waals surface area contributed by atoms with Gasteiger partial charge in [0.25, 0.3) is 0 Å². The lowest BCUT2D eigenvalue weighted by atomic mass is 10.2. The second-order valence-electron chi connectivity index (χ2n) is 5.37. The summed E-state index contributed by atoms with van der Waals surface area (Å²) in [6.07, 6.45) is -6.64. The normalized spacial score (nSPS) is 13.9. The van der Waals surface area contributed by atoms with Gasteiger partial charge in [-0.15, -0.1) is 0 Å². The van der Waals surface area contributed by atoms with Crippen molar-refractivity contribution in [3.63, 3.8) is 0 Å². The van der Waals surface area contributed by atoms with Gasteiger partial charge in [0.1, 0.15) is 34.8 Å². The van der Waals surface area contributed by atoms with Crippen LogP contribution in [0.3, 0.4) is 0 Å². The van der Waals surface area contributed by atoms with Gasteiger partial charge in [-0.3, -0.25) is 4.40 Å². The Labute approximate surface area is 151 Å². The molecule has 0 amide bonds. The molecule has 12 heteroatoms. The van der Waals surface area contributed by atoms with E-state index in [0.717, 1.165) is 6.33 Å². The lowest BCUT2D eigenvalue weighted by Gasteiger charge is -2.13. The molecule has 144 valence electrons. The van der Waals surface area contributed by atoms with Gasteiger partial charge in [0.2, 0.25) is 0 Å². The van der Waals surface area contributed by atoms with Crippen LogP contribution >= 0.6 is 0 Å². The van der Waals surface area contributed by atoms with Crippen molar-refractivity contribution in [3.05, 3.63) is 42.1 Å². The molecule has 0 saturated heterocycles. The summed E-state index contributed by atoms with van der Waals surface area (Å²) < 4.78 is 90.4. The summed E-state index contributed by atoms with van der Waals surface area (Å²) in [6, 6.07) is 1.41. The molecule has 3 aromatic rings. The monoisotopic (exact) mass is 408 g/mol. The lowest BCUT2D eigenvalue weighted by Crippen LogP contribution is -2.12. The van der Waals surface area contributed by atoms with Gasteiger partial charge < -0.3 is 4.55 Å². The number of pyridine rings is 1. The Morgan fingerprint density at radius 1 is 1.07 bits per heavy atom. The maximum atomic E-state index is 12.9. The predicted molar refractivity (Wildman–Crippen MR) is 83.2 cm³/mol. The molecule has 3 heterocycles. The Hall–Kier alpha value is -2.34. The van der Waals surface area contributed by atoms with Crippen LogP contribution in [0.5, 0.6) is 0 Å². The second kappa shape index (κ2) is 6.68. The predicted octanol–water partition coefficient (Wildman–Crippen LogP) is 3.96. The summed E-state index contributed by atoms with van der Waals surface area (Å²) in [6.45, 7) is 1.52. The van der Waals surface area contributed by atoms with E-state index in [2.05, 4.69) is 15.0 Å². The average Bonchev–Trinajstić information content (AvgIpc) is 3.02. The molecule has 0 saturated carbocycles. The van der Waals surface area contributed by atoms with E-state index in [0.29, 0.717) is 18.3 Å². The second-order valence-corrected chi connectivity index (χ2v) is 7.07. The maximum absolute atomic E-state index is 12.9. The molecular weight excluding hydrogens is 398 g/mol. The van der Waals surface area contributed by atoms with E-state index in [1.165, 1.54) is 17.5 Å². The van der Waals surface area contributed by atoms with Crippen LogP contribution < -0.4 is 0 Å². The minimum Gasteiger partial charge on any atom is -0.611 e. The van der Waals surface area contributed by atoms with E-state index in [1.807, 2.05) is 0 Å². The smallest absolute Gasteiger partial charge is 0.433 e. The number of aromatic nitrogens is 4. The van der Waals surface area contributed by atoms with Crippen LogP contribution in [-0.4, -0.2) is 29.7 Å². The van der Waals surface area contributed by atoms with Crippen LogP contribution in [-0.2, 0) is 23.5 Å². The van der Waals surface area contributed by atoms with Gasteiger partial charge in [-0.25, -0.2) is 15.0 Å². The minimum absolute atomic E-state index is 0.0124. The summed E-state index contributed by atoms with van der Waals surface area (Å²) >= 11 is -1.80. The van der Waals surface area contributed by atoms with E-state index in [1.54, 1.807) is 0 Å². The SMILES string of the molecule is CC[S+]([O-])c1cc(C(F)(F)F)cnc1-c1cn2cnc(C(F)(F)F)cc2n1. The van der Waals surface area contributed by atoms with Gasteiger partial charge in [-0.2, -0.15) is 26.3 Å². The molecule has 0 N–H and O–H groups in total. The molecule has 0 fully saturated rings. The third-order valence-corrected chi connectivity index (χ3v) is 4.89. The summed E-state index contributed by atoms with van der Waals surface area (Å²) in [7, 11) is 0. The molecule has 27 heavy (non-hydrogen) atoms. The van der Waals surface area contributed by atoms with Crippen LogP contribution in [0.4, 0.5) is 26.3 Å². The number of nitrogens with zero attached hydrogens (tertiary/aromatic N) is 4. The van der Waals surface area contributed by atoms with Crippen molar-refractivity contribution >= 4 is 16.8 Å². The highest BCUT2D eigenvalue weighted by molar-refractivity contribution is 7.91. The fourth-order valence-corrected chi connectivity index (χ4v) is 3.22. The van der Waals surface area contributed by atoms with Crippen molar-refractivity contribution in [1.82, 2.24) is 19.4 Å². The first-order valence-corrected chi connectivity index (χ1v) is 8.70. The van der Waals surface area contributed by atoms with Gasteiger partial charge in [-0.05, 0) is 18.1 Å². The molecule has 3 aromatic heterocycles. The Morgan fingerprint density at radius 2 is 1.78 bits per heavy atom. The van der Waals surface area contributed by atoms with Crippen molar-refractivity contribution in [3.8, 4) is 11.4 Å². The van der Waals surface area contributed by atoms with Crippen LogP contribution in [0.1, 0.15) is 18.2 Å². The fraction of sp³-hybridized carbons (Fsp3) is 0.267. The van der Waals surface area contributed by atoms with Crippen molar-refractivity contribution in [2.24, 2.45) is 0 Å². The Morgan fingerprint density at radius 3 is 2.37 bits per heavy atom. The first-order chi connectivity index (χ1) is 12.5. The lowest BCUT2D eigenvalue weighted by molar-refractivity contribution is -0.141. The van der Waals surface area contributed by atoms with E-state index in [4.69, 9.17) is 0 Å². The molecule has 0 bridgehead atoms. The number of rotatable bonds is 3. The van der Waals surface area contributed by atoms with E-state index in [-0.39, 0.29) is 27.7 Å². The zero-order valence-corrected chi connectivity index (χ0v) is 14.3. The molecule has 0 radical (unpaired) electrons. The number of halogens is 6. The number of imidazole rings is 1. The van der Waals surface area contributed by atoms with Crippen molar-refractivity contribution in [2.45, 2.75) is 24.2 Å². The van der Waals surface area contributed by atoms with Crippen LogP contribution in [0.25, 0.3) is 17.0 Å². The minimum atomic E-state index is -4.68. The molecule has 3 rings (SSSR count). The van der Waals surface area contributed by atoms with Crippen molar-refractivity contribution in [1.29, 1.82) is 0 Å². The molecule has 1 atom stereocenters. The third kappa shape index (κ3) is 3.86. The van der Waals surface area contributed by atoms with Gasteiger partial charge in [0.15, 0.2) is 4.90 Å². The number of hydrogen-bond donors (Lipinski definition) is 0. The highest BCUT2D eigenvalue weighted by Gasteiger charge is 2.35. The Kier molecular flexibility index (Phi) is 4.80. The first kappa shape index (κ1) is 19.4. The largest absolute Gasteiger partial charge is 0.611 e. The maximum Gasteiger partial charge on any atom is 0.433 e. The summed E-state index contributed by atoms with van der Waals surface area (Å²) in [5.74, 6) is 0.0309. The molecule has 0 aliphatic carbocycles. The number of hydrogen-bond acceptors (Lipinski definition) is 4. The molecule has 0 aliphatic rings. The van der Waals surface area contributed by atoms with Gasteiger partial charge in [0.05, 0.1) is 5.56 Å². The van der Waals surface area contributed by atoms with E-state index >= 15 is 0 Å². The van der Waals surface area contributed by atoms with E-state index in [9.17, 15) is 30.9 Å². The van der Waals surface area contributed by atoms with Gasteiger partial charge in [0, 0.05) is 24.5 Å². The molecule has 1 unspecified atom stereocenters. The highest BCUT2D eigenvalue weighted by atomic mass is 32.2. The quantitative estimate of drug-likeness (QED) is 0.486. The average molecular weight is 408 g/mol.